The fourth-order valence-corrected chi connectivity index (χ4v) is 9.70. The van der Waals surface area contributed by atoms with E-state index in [9.17, 15) is 0 Å². The maximum absolute atomic E-state index is 5.88. The number of hydrogen-bond donors (Lipinski definition) is 0. The molecule has 2 nitrogen and oxygen atoms in total. The summed E-state index contributed by atoms with van der Waals surface area (Å²) in [5.41, 5.74) is 1.28. The highest BCUT2D eigenvalue weighted by Gasteiger charge is 2.59. The average Bonchev–Trinajstić information content (AvgIpc) is 3.20. The van der Waals surface area contributed by atoms with Gasteiger partial charge in [0.1, 0.15) is 0 Å². The van der Waals surface area contributed by atoms with Crippen LogP contribution in [0.2, 0.25) is 0 Å². The van der Waals surface area contributed by atoms with Crippen molar-refractivity contribution >= 4 is 12.3 Å². The quantitative estimate of drug-likeness (QED) is 0.302. The van der Waals surface area contributed by atoms with Crippen LogP contribution in [0.25, 0.3) is 0 Å². The Bertz CT molecular complexity index is 594. The van der Waals surface area contributed by atoms with Crippen LogP contribution >= 0.6 is 12.3 Å². The van der Waals surface area contributed by atoms with E-state index in [2.05, 4.69) is 34.6 Å². The lowest BCUT2D eigenvalue weighted by Crippen LogP contribution is -2.53. The van der Waals surface area contributed by atoms with Crippen molar-refractivity contribution in [2.75, 3.05) is 7.11 Å². The SMILES string of the molecule is CC.CC.COSOC(CCCC1CCC2C3CCC4CC(C)CCC4(C)C3CCC12C)C(C)C. The molecule has 0 aromatic heterocycles. The predicted molar refractivity (Wildman–Crippen MR) is 155 cm³/mol. The summed E-state index contributed by atoms with van der Waals surface area (Å²) in [5, 5.41) is 0. The lowest BCUT2D eigenvalue weighted by atomic mass is 9.44. The summed E-state index contributed by atoms with van der Waals surface area (Å²) >= 11 is 1.17. The Balaban J connectivity index is 0.00000103. The molecule has 9 unspecified atom stereocenters. The van der Waals surface area contributed by atoms with Crippen molar-refractivity contribution in [1.82, 2.24) is 0 Å². The minimum Gasteiger partial charge on any atom is -0.295 e. The Morgan fingerprint density at radius 3 is 2.17 bits per heavy atom. The first kappa shape index (κ1) is 31.5. The molecule has 4 fully saturated rings. The van der Waals surface area contributed by atoms with Gasteiger partial charge in [0.15, 0.2) is 12.3 Å². The molecule has 9 atom stereocenters. The van der Waals surface area contributed by atoms with Crippen molar-refractivity contribution in [3.05, 3.63) is 0 Å². The van der Waals surface area contributed by atoms with Gasteiger partial charge in [0.25, 0.3) is 0 Å². The first-order valence-corrected chi connectivity index (χ1v) is 16.3. The minimum absolute atomic E-state index is 0.314. The summed E-state index contributed by atoms with van der Waals surface area (Å²) in [4.78, 5) is 0. The monoisotopic (exact) mass is 510 g/mol. The van der Waals surface area contributed by atoms with E-state index in [0.29, 0.717) is 22.9 Å². The third kappa shape index (κ3) is 6.83. The molecule has 4 rings (SSSR count). The molecule has 0 N–H and O–H groups in total. The molecule has 4 aliphatic carbocycles. The highest BCUT2D eigenvalue weighted by atomic mass is 32.2. The summed E-state index contributed by atoms with van der Waals surface area (Å²) in [6.07, 6.45) is 17.8. The average molecular weight is 511 g/mol. The molecule has 4 aliphatic rings. The lowest BCUT2D eigenvalue weighted by Gasteiger charge is -2.61. The zero-order valence-corrected chi connectivity index (χ0v) is 26.1. The van der Waals surface area contributed by atoms with Crippen LogP contribution in [0.3, 0.4) is 0 Å². The van der Waals surface area contributed by atoms with Crippen molar-refractivity contribution in [1.29, 1.82) is 0 Å². The Hall–Kier alpha value is 0.270. The molecule has 3 heteroatoms. The van der Waals surface area contributed by atoms with Crippen LogP contribution in [0, 0.1) is 52.3 Å². The number of hydrogen-bond acceptors (Lipinski definition) is 3. The Morgan fingerprint density at radius 2 is 1.51 bits per heavy atom. The standard InChI is InChI=1S/C28H50O2S.2C2H6/c1-19(2)26(30-31-29-6)9-7-8-21-11-13-24-23-12-10-22-18-20(3)14-16-28(22,5)25(23)15-17-27(21,24)4;2*1-2/h19-26H,7-18H2,1-6H3;2*1-2H3. The van der Waals surface area contributed by atoms with Gasteiger partial charge < -0.3 is 0 Å². The van der Waals surface area contributed by atoms with Crippen LogP contribution < -0.4 is 0 Å². The second-order valence-electron chi connectivity index (χ2n) is 12.9. The van der Waals surface area contributed by atoms with E-state index >= 15 is 0 Å². The van der Waals surface area contributed by atoms with Crippen molar-refractivity contribution in [3.63, 3.8) is 0 Å². The maximum Gasteiger partial charge on any atom is 0.158 e. The van der Waals surface area contributed by atoms with E-state index in [1.165, 1.54) is 83.0 Å². The molecule has 0 bridgehead atoms. The van der Waals surface area contributed by atoms with Gasteiger partial charge in [-0.2, -0.15) is 0 Å². The van der Waals surface area contributed by atoms with Crippen molar-refractivity contribution in [2.45, 2.75) is 145 Å². The molecule has 0 radical (unpaired) electrons. The molecule has 0 aliphatic heterocycles. The molecule has 0 aromatic rings. The lowest BCUT2D eigenvalue weighted by molar-refractivity contribution is -0.117. The van der Waals surface area contributed by atoms with Gasteiger partial charge in [0.05, 0.1) is 13.2 Å². The van der Waals surface area contributed by atoms with Gasteiger partial charge in [0.2, 0.25) is 0 Å². The zero-order chi connectivity index (χ0) is 26.2. The normalized spacial score (nSPS) is 40.9. The Kier molecular flexibility index (Phi) is 13.0. The molecule has 35 heavy (non-hydrogen) atoms. The van der Waals surface area contributed by atoms with Crippen molar-refractivity contribution in [2.24, 2.45) is 52.3 Å². The summed E-state index contributed by atoms with van der Waals surface area (Å²) in [7, 11) is 1.69. The molecule has 208 valence electrons. The number of fused-ring (bicyclic) bond motifs is 5. The van der Waals surface area contributed by atoms with Crippen LogP contribution in [-0.4, -0.2) is 13.2 Å². The van der Waals surface area contributed by atoms with Crippen LogP contribution in [-0.2, 0) is 8.37 Å². The van der Waals surface area contributed by atoms with Gasteiger partial charge in [-0.15, -0.1) is 0 Å². The van der Waals surface area contributed by atoms with Crippen LogP contribution in [0.4, 0.5) is 0 Å². The van der Waals surface area contributed by atoms with Crippen molar-refractivity contribution in [3.8, 4) is 0 Å². The van der Waals surface area contributed by atoms with E-state index in [4.69, 9.17) is 8.37 Å². The Labute approximate surface area is 225 Å². The van der Waals surface area contributed by atoms with Gasteiger partial charge in [0, 0.05) is 0 Å². The first-order valence-electron chi connectivity index (χ1n) is 15.7. The number of rotatable bonds is 8. The van der Waals surface area contributed by atoms with E-state index in [1.807, 2.05) is 27.7 Å². The van der Waals surface area contributed by atoms with Gasteiger partial charge in [-0.1, -0.05) is 75.2 Å². The third-order valence-corrected chi connectivity index (χ3v) is 11.6. The minimum atomic E-state index is 0.314. The predicted octanol–water partition coefficient (Wildman–Crippen LogP) is 10.8. The van der Waals surface area contributed by atoms with E-state index < -0.39 is 0 Å². The second kappa shape index (κ2) is 14.4. The molecule has 0 aromatic carbocycles. The van der Waals surface area contributed by atoms with Gasteiger partial charge in [-0.3, -0.25) is 8.37 Å². The topological polar surface area (TPSA) is 18.5 Å². The largest absolute Gasteiger partial charge is 0.295 e. The molecule has 4 saturated carbocycles. The van der Waals surface area contributed by atoms with Gasteiger partial charge in [-0.25, -0.2) is 0 Å². The highest BCUT2D eigenvalue weighted by molar-refractivity contribution is 7.89. The molecule has 0 saturated heterocycles. The summed E-state index contributed by atoms with van der Waals surface area (Å²) in [5.74, 6) is 6.56. The molecular formula is C32H62O2S. The van der Waals surface area contributed by atoms with E-state index in [1.54, 1.807) is 13.5 Å². The summed E-state index contributed by atoms with van der Waals surface area (Å²) in [6, 6.07) is 0. The Morgan fingerprint density at radius 1 is 0.857 bits per heavy atom. The zero-order valence-electron chi connectivity index (χ0n) is 25.3. The van der Waals surface area contributed by atoms with Crippen LogP contribution in [0.15, 0.2) is 0 Å². The fraction of sp³-hybridized carbons (Fsp3) is 1.00. The van der Waals surface area contributed by atoms with Crippen molar-refractivity contribution < 1.29 is 8.37 Å². The van der Waals surface area contributed by atoms with Gasteiger partial charge in [-0.05, 0) is 116 Å². The second-order valence-corrected chi connectivity index (χ2v) is 13.6. The molecule has 0 heterocycles. The molecule has 0 spiro atoms. The summed E-state index contributed by atoms with van der Waals surface area (Å²) in [6.45, 7) is 20.5. The fourth-order valence-electron chi connectivity index (χ4n) is 9.20. The molecular weight excluding hydrogens is 448 g/mol. The molecule has 0 amide bonds. The maximum atomic E-state index is 5.88. The van der Waals surface area contributed by atoms with Crippen LogP contribution in [0.5, 0.6) is 0 Å². The summed E-state index contributed by atoms with van der Waals surface area (Å²) < 4.78 is 11.0. The smallest absolute Gasteiger partial charge is 0.158 e. The van der Waals surface area contributed by atoms with Gasteiger partial charge >= 0.3 is 0 Å². The highest BCUT2D eigenvalue weighted by Crippen LogP contribution is 2.68. The first-order chi connectivity index (χ1) is 16.8. The van der Waals surface area contributed by atoms with E-state index in [0.717, 1.165) is 35.5 Å². The van der Waals surface area contributed by atoms with Crippen LogP contribution in [0.1, 0.15) is 139 Å². The third-order valence-electron chi connectivity index (χ3n) is 11.1. The van der Waals surface area contributed by atoms with E-state index in [-0.39, 0.29) is 0 Å².